The van der Waals surface area contributed by atoms with Gasteiger partial charge >= 0.3 is 0 Å². The van der Waals surface area contributed by atoms with Gasteiger partial charge in [0.15, 0.2) is 5.96 Å². The fraction of sp³-hybridized carbons (Fsp3) is 0.381. The van der Waals surface area contributed by atoms with Gasteiger partial charge in [0.1, 0.15) is 11.6 Å². The molecule has 9 heteroatoms. The largest absolute Gasteiger partial charge is 0.439 e. The monoisotopic (exact) mass is 527 g/mol. The predicted octanol–water partition coefficient (Wildman–Crippen LogP) is 3.31. The number of halogens is 2. The summed E-state index contributed by atoms with van der Waals surface area (Å²) in [6.07, 6.45) is 3.16. The Labute approximate surface area is 193 Å². The van der Waals surface area contributed by atoms with Crippen molar-refractivity contribution in [2.24, 2.45) is 4.99 Å². The molecule has 1 aromatic carbocycles. The lowest BCUT2D eigenvalue weighted by molar-refractivity contribution is -0.129. The highest BCUT2D eigenvalue weighted by atomic mass is 127. The molecule has 7 nitrogen and oxygen atoms in total. The van der Waals surface area contributed by atoms with Crippen molar-refractivity contribution >= 4 is 35.8 Å². The molecule has 0 aliphatic carbocycles. The molecule has 1 saturated heterocycles. The van der Waals surface area contributed by atoms with Gasteiger partial charge in [-0.3, -0.25) is 9.79 Å². The molecule has 2 heterocycles. The number of nitrogens with zero attached hydrogens (tertiary/aromatic N) is 3. The van der Waals surface area contributed by atoms with Gasteiger partial charge in [0, 0.05) is 51.4 Å². The van der Waals surface area contributed by atoms with E-state index in [1.807, 2.05) is 17.9 Å². The van der Waals surface area contributed by atoms with Gasteiger partial charge in [-0.1, -0.05) is 13.0 Å². The molecule has 0 saturated carbocycles. The first-order chi connectivity index (χ1) is 14.1. The third-order valence-corrected chi connectivity index (χ3v) is 4.70. The van der Waals surface area contributed by atoms with Gasteiger partial charge in [-0.25, -0.2) is 9.37 Å². The zero-order valence-corrected chi connectivity index (χ0v) is 19.4. The molecule has 1 atom stereocenters. The summed E-state index contributed by atoms with van der Waals surface area (Å²) in [4.78, 5) is 22.2. The van der Waals surface area contributed by atoms with E-state index in [2.05, 4.69) is 20.6 Å². The van der Waals surface area contributed by atoms with Crippen LogP contribution in [0.4, 0.5) is 4.39 Å². The van der Waals surface area contributed by atoms with E-state index < -0.39 is 0 Å². The number of likely N-dealkylation sites (tertiary alicyclic amines) is 1. The normalized spacial score (nSPS) is 16.0. The van der Waals surface area contributed by atoms with Crippen molar-refractivity contribution in [3.05, 3.63) is 54.0 Å². The summed E-state index contributed by atoms with van der Waals surface area (Å²) < 4.78 is 18.5. The molecule has 1 unspecified atom stereocenters. The van der Waals surface area contributed by atoms with Gasteiger partial charge in [0.2, 0.25) is 11.8 Å². The molecule has 30 heavy (non-hydrogen) atoms. The number of aliphatic imine (C=N–C) groups is 1. The molecule has 1 fully saturated rings. The number of rotatable bonds is 6. The average molecular weight is 527 g/mol. The fourth-order valence-corrected chi connectivity index (χ4v) is 3.10. The number of aromatic nitrogens is 1. The molecule has 1 aromatic heterocycles. The summed E-state index contributed by atoms with van der Waals surface area (Å²) in [6.45, 7) is 3.91. The number of carbonyl (C=O) groups excluding carboxylic acids is 1. The third-order valence-electron chi connectivity index (χ3n) is 4.70. The summed E-state index contributed by atoms with van der Waals surface area (Å²) in [5.41, 5.74) is 0.966. The lowest BCUT2D eigenvalue weighted by atomic mass is 10.2. The summed E-state index contributed by atoms with van der Waals surface area (Å²) >= 11 is 0. The zero-order chi connectivity index (χ0) is 20.6. The molecule has 1 amide bonds. The van der Waals surface area contributed by atoms with E-state index in [-0.39, 0.29) is 41.7 Å². The first-order valence-electron chi connectivity index (χ1n) is 9.70. The second-order valence-electron chi connectivity index (χ2n) is 6.81. The second-order valence-corrected chi connectivity index (χ2v) is 6.81. The highest BCUT2D eigenvalue weighted by Gasteiger charge is 2.25. The Kier molecular flexibility index (Phi) is 9.28. The van der Waals surface area contributed by atoms with Crippen LogP contribution in [0, 0.1) is 5.82 Å². The Morgan fingerprint density at radius 3 is 2.70 bits per heavy atom. The summed E-state index contributed by atoms with van der Waals surface area (Å²) in [5.74, 6) is 1.53. The van der Waals surface area contributed by atoms with E-state index in [9.17, 15) is 9.18 Å². The molecule has 0 radical (unpaired) electrons. The Hall–Kier alpha value is -2.43. The van der Waals surface area contributed by atoms with E-state index in [0.29, 0.717) is 37.1 Å². The average Bonchev–Trinajstić information content (AvgIpc) is 3.22. The summed E-state index contributed by atoms with van der Waals surface area (Å²) in [6, 6.07) is 9.66. The van der Waals surface area contributed by atoms with Crippen LogP contribution in [0.15, 0.2) is 47.6 Å². The van der Waals surface area contributed by atoms with Crippen LogP contribution in [0.5, 0.6) is 11.6 Å². The topological polar surface area (TPSA) is 78.9 Å². The Bertz CT molecular complexity index is 845. The van der Waals surface area contributed by atoms with Crippen LogP contribution in [0.2, 0.25) is 0 Å². The number of benzene rings is 1. The number of ether oxygens (including phenoxy) is 1. The zero-order valence-electron chi connectivity index (χ0n) is 17.1. The van der Waals surface area contributed by atoms with Gasteiger partial charge in [-0.2, -0.15) is 0 Å². The summed E-state index contributed by atoms with van der Waals surface area (Å²) in [7, 11) is 1.72. The standard InChI is InChI=1S/C21H26FN5O2.HI/c1-3-20(28)27-11-10-17(14-27)26-21(23-2)25-13-15-4-9-19(24-12-15)29-18-7-5-16(22)6-8-18;/h4-9,12,17H,3,10-11,13-14H2,1-2H3,(H2,23,25,26);1H. The predicted molar refractivity (Wildman–Crippen MR) is 125 cm³/mol. The SMILES string of the molecule is CCC(=O)N1CCC(NC(=NC)NCc2ccc(Oc3ccc(F)cc3)nc2)C1.I. The van der Waals surface area contributed by atoms with Crippen LogP contribution in [0.1, 0.15) is 25.3 Å². The van der Waals surface area contributed by atoms with Crippen LogP contribution in [-0.4, -0.2) is 47.9 Å². The van der Waals surface area contributed by atoms with Crippen molar-refractivity contribution in [3.63, 3.8) is 0 Å². The van der Waals surface area contributed by atoms with Crippen LogP contribution in [-0.2, 0) is 11.3 Å². The van der Waals surface area contributed by atoms with E-state index >= 15 is 0 Å². The molecule has 0 spiro atoms. The van der Waals surface area contributed by atoms with Gasteiger partial charge in [0.25, 0.3) is 0 Å². The molecular formula is C21H27FIN5O2. The van der Waals surface area contributed by atoms with Crippen LogP contribution >= 0.6 is 24.0 Å². The second kappa shape index (κ2) is 11.7. The number of guanidine groups is 1. The minimum Gasteiger partial charge on any atom is -0.439 e. The van der Waals surface area contributed by atoms with Crippen molar-refractivity contribution < 1.29 is 13.9 Å². The van der Waals surface area contributed by atoms with Crippen LogP contribution < -0.4 is 15.4 Å². The fourth-order valence-electron chi connectivity index (χ4n) is 3.10. The number of hydrogen-bond donors (Lipinski definition) is 2. The molecular weight excluding hydrogens is 500 g/mol. The van der Waals surface area contributed by atoms with Crippen molar-refractivity contribution in [1.29, 1.82) is 0 Å². The Morgan fingerprint density at radius 2 is 2.07 bits per heavy atom. The lowest BCUT2D eigenvalue weighted by Crippen LogP contribution is -2.44. The number of amides is 1. The van der Waals surface area contributed by atoms with Crippen molar-refractivity contribution in [1.82, 2.24) is 20.5 Å². The number of carbonyl (C=O) groups is 1. The van der Waals surface area contributed by atoms with E-state index in [1.54, 1.807) is 31.4 Å². The Morgan fingerprint density at radius 1 is 1.30 bits per heavy atom. The molecule has 0 bridgehead atoms. The first-order valence-corrected chi connectivity index (χ1v) is 9.70. The maximum atomic E-state index is 12.9. The lowest BCUT2D eigenvalue weighted by Gasteiger charge is -2.18. The number of nitrogens with one attached hydrogen (secondary N) is 2. The smallest absolute Gasteiger partial charge is 0.222 e. The maximum Gasteiger partial charge on any atom is 0.222 e. The van der Waals surface area contributed by atoms with Crippen molar-refractivity contribution in [2.75, 3.05) is 20.1 Å². The highest BCUT2D eigenvalue weighted by Crippen LogP contribution is 2.19. The molecule has 3 rings (SSSR count). The molecule has 2 aromatic rings. The molecule has 1 aliphatic rings. The van der Waals surface area contributed by atoms with Crippen LogP contribution in [0.25, 0.3) is 0 Å². The number of hydrogen-bond acceptors (Lipinski definition) is 4. The quantitative estimate of drug-likeness (QED) is 0.343. The van der Waals surface area contributed by atoms with Crippen molar-refractivity contribution in [3.8, 4) is 11.6 Å². The minimum absolute atomic E-state index is 0. The Balaban J connectivity index is 0.00000320. The maximum absolute atomic E-state index is 12.9. The van der Waals surface area contributed by atoms with Crippen LogP contribution in [0.3, 0.4) is 0 Å². The number of pyridine rings is 1. The van der Waals surface area contributed by atoms with E-state index in [1.165, 1.54) is 12.1 Å². The van der Waals surface area contributed by atoms with E-state index in [0.717, 1.165) is 18.5 Å². The molecule has 1 aliphatic heterocycles. The third kappa shape index (κ3) is 6.82. The van der Waals surface area contributed by atoms with E-state index in [4.69, 9.17) is 4.74 Å². The van der Waals surface area contributed by atoms with Gasteiger partial charge in [-0.05, 0) is 36.2 Å². The first kappa shape index (κ1) is 23.8. The van der Waals surface area contributed by atoms with Gasteiger partial charge < -0.3 is 20.3 Å². The van der Waals surface area contributed by atoms with Gasteiger partial charge in [0.05, 0.1) is 0 Å². The van der Waals surface area contributed by atoms with Gasteiger partial charge in [-0.15, -0.1) is 24.0 Å². The molecule has 162 valence electrons. The molecule has 2 N–H and O–H groups in total. The van der Waals surface area contributed by atoms with Crippen molar-refractivity contribution in [2.45, 2.75) is 32.4 Å². The highest BCUT2D eigenvalue weighted by molar-refractivity contribution is 14.0. The summed E-state index contributed by atoms with van der Waals surface area (Å²) in [5, 5.41) is 6.62. The minimum atomic E-state index is -0.309.